The smallest absolute Gasteiger partial charge is 0.0160 e. The zero-order valence-electron chi connectivity index (χ0n) is 10.6. The minimum atomic E-state index is 0.897. The largest absolute Gasteiger partial charge is 0.317 e. The molecule has 0 aromatic carbocycles. The molecule has 0 unspecified atom stereocenters. The van der Waals surface area contributed by atoms with E-state index in [-0.39, 0.29) is 0 Å². The molecule has 0 aromatic rings. The van der Waals surface area contributed by atoms with Gasteiger partial charge in [0.25, 0.3) is 0 Å². The van der Waals surface area contributed by atoms with E-state index in [2.05, 4.69) is 35.5 Å². The van der Waals surface area contributed by atoms with Crippen LogP contribution in [0.3, 0.4) is 0 Å². The van der Waals surface area contributed by atoms with Gasteiger partial charge in [0.15, 0.2) is 0 Å². The summed E-state index contributed by atoms with van der Waals surface area (Å²) in [6.45, 7) is 12.0. The van der Waals surface area contributed by atoms with E-state index in [9.17, 15) is 0 Å². The van der Waals surface area contributed by atoms with Gasteiger partial charge in [-0.05, 0) is 38.9 Å². The first-order chi connectivity index (χ1) is 7.86. The fourth-order valence-electron chi connectivity index (χ4n) is 2.10. The monoisotopic (exact) mass is 242 g/mol. The molecule has 1 N–H and O–H groups in total. The highest BCUT2D eigenvalue weighted by Crippen LogP contribution is 2.19. The van der Waals surface area contributed by atoms with Gasteiger partial charge < -0.3 is 5.32 Å². The lowest BCUT2D eigenvalue weighted by Gasteiger charge is -2.24. The third-order valence-electron chi connectivity index (χ3n) is 2.97. The molecule has 0 bridgehead atoms. The molecule has 0 atom stereocenters. The summed E-state index contributed by atoms with van der Waals surface area (Å²) in [6, 6.07) is 0. The van der Waals surface area contributed by atoms with E-state index >= 15 is 0 Å². The van der Waals surface area contributed by atoms with Crippen LogP contribution in [0.5, 0.6) is 0 Å². The number of hydrogen-bond donors (Lipinski definition) is 1. The third-order valence-corrected chi connectivity index (χ3v) is 4.34. The van der Waals surface area contributed by atoms with Crippen LogP contribution in [0.2, 0.25) is 0 Å². The zero-order chi connectivity index (χ0) is 11.6. The van der Waals surface area contributed by atoms with Crippen molar-refractivity contribution < 1.29 is 0 Å². The SMILES string of the molecule is C=CCN(CCC)CCSC1CCNCC1. The number of thioether (sulfide) groups is 1. The second kappa shape index (κ2) is 9.08. The van der Waals surface area contributed by atoms with E-state index in [1.165, 1.54) is 51.2 Å². The van der Waals surface area contributed by atoms with Gasteiger partial charge in [-0.25, -0.2) is 0 Å². The van der Waals surface area contributed by atoms with Crippen LogP contribution in [-0.4, -0.2) is 48.6 Å². The molecule has 94 valence electrons. The van der Waals surface area contributed by atoms with Crippen LogP contribution < -0.4 is 5.32 Å². The van der Waals surface area contributed by atoms with Crippen molar-refractivity contribution in [3.63, 3.8) is 0 Å². The molecule has 1 heterocycles. The molecule has 0 saturated carbocycles. The molecule has 1 fully saturated rings. The Labute approximate surface area is 105 Å². The zero-order valence-corrected chi connectivity index (χ0v) is 11.4. The fraction of sp³-hybridized carbons (Fsp3) is 0.846. The van der Waals surface area contributed by atoms with Crippen molar-refractivity contribution in [1.29, 1.82) is 0 Å². The second-order valence-electron chi connectivity index (χ2n) is 4.41. The summed E-state index contributed by atoms with van der Waals surface area (Å²) in [5.41, 5.74) is 0. The summed E-state index contributed by atoms with van der Waals surface area (Å²) in [4.78, 5) is 2.50. The predicted octanol–water partition coefficient (Wildman–Crippen LogP) is 2.37. The molecule has 1 saturated heterocycles. The van der Waals surface area contributed by atoms with Gasteiger partial charge in [-0.1, -0.05) is 13.0 Å². The van der Waals surface area contributed by atoms with Crippen LogP contribution in [0.15, 0.2) is 12.7 Å². The normalized spacial score (nSPS) is 17.9. The van der Waals surface area contributed by atoms with Crippen molar-refractivity contribution in [3.8, 4) is 0 Å². The highest BCUT2D eigenvalue weighted by Gasteiger charge is 2.13. The standard InChI is InChI=1S/C13H26N2S/c1-3-9-15(10-4-2)11-12-16-13-5-7-14-8-6-13/h3,13-14H,1,4-12H2,2H3. The number of rotatable bonds is 8. The lowest BCUT2D eigenvalue weighted by atomic mass is 10.2. The van der Waals surface area contributed by atoms with E-state index < -0.39 is 0 Å². The van der Waals surface area contributed by atoms with Gasteiger partial charge in [-0.15, -0.1) is 6.58 Å². The van der Waals surface area contributed by atoms with E-state index in [0.29, 0.717) is 0 Å². The maximum atomic E-state index is 3.82. The summed E-state index contributed by atoms with van der Waals surface area (Å²) < 4.78 is 0. The quantitative estimate of drug-likeness (QED) is 0.658. The fourth-order valence-corrected chi connectivity index (χ4v) is 3.37. The van der Waals surface area contributed by atoms with Gasteiger partial charge in [0.05, 0.1) is 0 Å². The lowest BCUT2D eigenvalue weighted by Crippen LogP contribution is -2.31. The highest BCUT2D eigenvalue weighted by atomic mass is 32.2. The molecular formula is C13H26N2S. The van der Waals surface area contributed by atoms with Crippen LogP contribution >= 0.6 is 11.8 Å². The van der Waals surface area contributed by atoms with Crippen LogP contribution in [0.1, 0.15) is 26.2 Å². The maximum Gasteiger partial charge on any atom is 0.0160 e. The van der Waals surface area contributed by atoms with Gasteiger partial charge in [-0.3, -0.25) is 4.90 Å². The summed E-state index contributed by atoms with van der Waals surface area (Å²) >= 11 is 2.16. The van der Waals surface area contributed by atoms with Gasteiger partial charge >= 0.3 is 0 Å². The third kappa shape index (κ3) is 5.92. The van der Waals surface area contributed by atoms with Gasteiger partial charge in [0.1, 0.15) is 0 Å². The number of nitrogens with one attached hydrogen (secondary N) is 1. The Morgan fingerprint density at radius 1 is 1.38 bits per heavy atom. The lowest BCUT2D eigenvalue weighted by molar-refractivity contribution is 0.322. The molecule has 0 radical (unpaired) electrons. The van der Waals surface area contributed by atoms with Crippen molar-refractivity contribution in [1.82, 2.24) is 10.2 Å². The molecule has 0 spiro atoms. The summed E-state index contributed by atoms with van der Waals surface area (Å²) in [7, 11) is 0. The average molecular weight is 242 g/mol. The van der Waals surface area contributed by atoms with E-state index in [1.807, 2.05) is 6.08 Å². The molecule has 16 heavy (non-hydrogen) atoms. The molecule has 0 aromatic heterocycles. The Kier molecular flexibility index (Phi) is 7.99. The Balaban J connectivity index is 2.08. The minimum Gasteiger partial charge on any atom is -0.317 e. The molecule has 0 aliphatic carbocycles. The number of piperidine rings is 1. The van der Waals surface area contributed by atoms with E-state index in [1.54, 1.807) is 0 Å². The van der Waals surface area contributed by atoms with Crippen molar-refractivity contribution in [2.45, 2.75) is 31.4 Å². The van der Waals surface area contributed by atoms with Crippen LogP contribution in [0.4, 0.5) is 0 Å². The van der Waals surface area contributed by atoms with Crippen molar-refractivity contribution in [2.75, 3.05) is 38.5 Å². The van der Waals surface area contributed by atoms with Crippen molar-refractivity contribution >= 4 is 11.8 Å². The summed E-state index contributed by atoms with van der Waals surface area (Å²) in [6.07, 6.45) is 5.95. The van der Waals surface area contributed by atoms with Crippen LogP contribution in [-0.2, 0) is 0 Å². The Morgan fingerprint density at radius 3 is 2.75 bits per heavy atom. The first-order valence-corrected chi connectivity index (χ1v) is 7.57. The topological polar surface area (TPSA) is 15.3 Å². The minimum absolute atomic E-state index is 0.897. The van der Waals surface area contributed by atoms with Crippen LogP contribution in [0, 0.1) is 0 Å². The predicted molar refractivity (Wildman–Crippen MR) is 75.3 cm³/mol. The maximum absolute atomic E-state index is 3.82. The molecular weight excluding hydrogens is 216 g/mol. The van der Waals surface area contributed by atoms with Crippen molar-refractivity contribution in [3.05, 3.63) is 12.7 Å². The Bertz CT molecular complexity index is 179. The number of nitrogens with zero attached hydrogens (tertiary/aromatic N) is 1. The van der Waals surface area contributed by atoms with Gasteiger partial charge in [-0.2, -0.15) is 11.8 Å². The molecule has 3 heteroatoms. The number of hydrogen-bond acceptors (Lipinski definition) is 3. The first kappa shape index (κ1) is 14.1. The molecule has 0 amide bonds. The van der Waals surface area contributed by atoms with E-state index in [0.717, 1.165) is 11.8 Å². The average Bonchev–Trinajstić information content (AvgIpc) is 2.31. The van der Waals surface area contributed by atoms with E-state index in [4.69, 9.17) is 0 Å². The summed E-state index contributed by atoms with van der Waals surface area (Å²) in [5.74, 6) is 1.28. The van der Waals surface area contributed by atoms with Gasteiger partial charge in [0, 0.05) is 24.1 Å². The molecule has 1 aliphatic rings. The highest BCUT2D eigenvalue weighted by molar-refractivity contribution is 7.99. The van der Waals surface area contributed by atoms with Crippen molar-refractivity contribution in [2.24, 2.45) is 0 Å². The molecule has 1 rings (SSSR count). The summed E-state index contributed by atoms with van der Waals surface area (Å²) in [5, 5.41) is 4.31. The Morgan fingerprint density at radius 2 is 2.12 bits per heavy atom. The van der Waals surface area contributed by atoms with Gasteiger partial charge in [0.2, 0.25) is 0 Å². The molecule has 1 aliphatic heterocycles. The molecule has 2 nitrogen and oxygen atoms in total. The first-order valence-electron chi connectivity index (χ1n) is 6.52. The second-order valence-corrected chi connectivity index (χ2v) is 5.82. The van der Waals surface area contributed by atoms with Crippen LogP contribution in [0.25, 0.3) is 0 Å². The Hall–Kier alpha value is 0.01000.